The number of thiazole rings is 1. The number of aryl methyl sites for hydroxylation is 1. The van der Waals surface area contributed by atoms with Gasteiger partial charge in [0.25, 0.3) is 5.91 Å². The van der Waals surface area contributed by atoms with E-state index in [2.05, 4.69) is 20.5 Å². The van der Waals surface area contributed by atoms with E-state index in [1.807, 2.05) is 22.8 Å². The van der Waals surface area contributed by atoms with Crippen LogP contribution in [0, 0.1) is 0 Å². The third kappa shape index (κ3) is 2.12. The Hall–Kier alpha value is -2.48. The first kappa shape index (κ1) is 13.2. The number of carbonyl (C=O) groups is 1. The fourth-order valence-electron chi connectivity index (χ4n) is 2.56. The van der Waals surface area contributed by atoms with E-state index in [9.17, 15) is 4.79 Å². The Morgan fingerprint density at radius 1 is 1.41 bits per heavy atom. The lowest BCUT2D eigenvalue weighted by Gasteiger charge is -2.01. The van der Waals surface area contributed by atoms with E-state index in [-0.39, 0.29) is 5.91 Å². The van der Waals surface area contributed by atoms with Gasteiger partial charge < -0.3 is 9.30 Å². The van der Waals surface area contributed by atoms with Crippen LogP contribution in [0.15, 0.2) is 18.2 Å². The third-order valence-electron chi connectivity index (χ3n) is 3.63. The molecular formula is C14H13N5O2S. The van der Waals surface area contributed by atoms with Gasteiger partial charge in [0.05, 0.1) is 17.3 Å². The molecule has 1 N–H and O–H groups in total. The summed E-state index contributed by atoms with van der Waals surface area (Å²) in [5.74, 6) is 1.72. The highest BCUT2D eigenvalue weighted by Crippen LogP contribution is 2.29. The molecule has 0 fully saturated rings. The maximum absolute atomic E-state index is 12.3. The molecule has 0 radical (unpaired) electrons. The van der Waals surface area contributed by atoms with Crippen molar-refractivity contribution in [2.75, 3.05) is 12.4 Å². The van der Waals surface area contributed by atoms with E-state index in [1.165, 1.54) is 11.3 Å². The van der Waals surface area contributed by atoms with Gasteiger partial charge in [0, 0.05) is 13.0 Å². The highest BCUT2D eigenvalue weighted by atomic mass is 32.1. The Morgan fingerprint density at radius 2 is 2.32 bits per heavy atom. The zero-order chi connectivity index (χ0) is 15.1. The Morgan fingerprint density at radius 3 is 3.18 bits per heavy atom. The minimum absolute atomic E-state index is 0.272. The molecule has 0 saturated carbocycles. The van der Waals surface area contributed by atoms with E-state index in [4.69, 9.17) is 4.74 Å². The molecule has 2 aromatic heterocycles. The van der Waals surface area contributed by atoms with Gasteiger partial charge in [-0.1, -0.05) is 11.3 Å². The zero-order valence-corrected chi connectivity index (χ0v) is 12.7. The van der Waals surface area contributed by atoms with Gasteiger partial charge in [0.2, 0.25) is 5.82 Å². The SMILES string of the molecule is COc1ccc2nc(NC(=O)c3nnc4n3CCC4)sc2c1. The summed E-state index contributed by atoms with van der Waals surface area (Å²) in [5, 5.41) is 11.4. The number of fused-ring (bicyclic) bond motifs is 2. The van der Waals surface area contributed by atoms with Crippen molar-refractivity contribution in [2.24, 2.45) is 0 Å². The van der Waals surface area contributed by atoms with Crippen LogP contribution in [-0.2, 0) is 13.0 Å². The van der Waals surface area contributed by atoms with Gasteiger partial charge in [0.1, 0.15) is 11.6 Å². The molecule has 8 heteroatoms. The van der Waals surface area contributed by atoms with E-state index in [1.54, 1.807) is 7.11 Å². The molecule has 0 aliphatic carbocycles. The normalized spacial score (nSPS) is 13.3. The van der Waals surface area contributed by atoms with Crippen molar-refractivity contribution in [1.82, 2.24) is 19.7 Å². The molecule has 1 aliphatic heterocycles. The van der Waals surface area contributed by atoms with Gasteiger partial charge in [0.15, 0.2) is 5.13 Å². The molecule has 112 valence electrons. The Labute approximate surface area is 130 Å². The van der Waals surface area contributed by atoms with Crippen LogP contribution < -0.4 is 10.1 Å². The number of hydrogen-bond donors (Lipinski definition) is 1. The number of hydrogen-bond acceptors (Lipinski definition) is 6. The minimum Gasteiger partial charge on any atom is -0.497 e. The van der Waals surface area contributed by atoms with Gasteiger partial charge in [-0.15, -0.1) is 10.2 Å². The molecule has 22 heavy (non-hydrogen) atoms. The summed E-state index contributed by atoms with van der Waals surface area (Å²) in [6.07, 6.45) is 1.88. The highest BCUT2D eigenvalue weighted by molar-refractivity contribution is 7.22. The van der Waals surface area contributed by atoms with Gasteiger partial charge in [-0.3, -0.25) is 10.1 Å². The van der Waals surface area contributed by atoms with Crippen molar-refractivity contribution < 1.29 is 9.53 Å². The first-order chi connectivity index (χ1) is 10.7. The number of aromatic nitrogens is 4. The number of amides is 1. The van der Waals surface area contributed by atoms with Gasteiger partial charge in [-0.25, -0.2) is 4.98 Å². The first-order valence-electron chi connectivity index (χ1n) is 6.92. The van der Waals surface area contributed by atoms with E-state index < -0.39 is 0 Å². The molecule has 3 aromatic rings. The summed E-state index contributed by atoms with van der Waals surface area (Å²) in [5.41, 5.74) is 0.826. The molecule has 1 amide bonds. The number of anilines is 1. The van der Waals surface area contributed by atoms with E-state index in [0.717, 1.165) is 41.2 Å². The van der Waals surface area contributed by atoms with Crippen LogP contribution in [0.3, 0.4) is 0 Å². The Kier molecular flexibility index (Phi) is 3.04. The summed E-state index contributed by atoms with van der Waals surface area (Å²) in [4.78, 5) is 16.7. The number of nitrogens with one attached hydrogen (secondary N) is 1. The number of nitrogens with zero attached hydrogens (tertiary/aromatic N) is 4. The topological polar surface area (TPSA) is 81.9 Å². The molecule has 4 rings (SSSR count). The lowest BCUT2D eigenvalue weighted by atomic mass is 10.3. The van der Waals surface area contributed by atoms with Crippen molar-refractivity contribution in [2.45, 2.75) is 19.4 Å². The molecule has 3 heterocycles. The average Bonchev–Trinajstić information content (AvgIpc) is 3.20. The second-order valence-corrected chi connectivity index (χ2v) is 6.03. The number of rotatable bonds is 3. The molecule has 1 aliphatic rings. The lowest BCUT2D eigenvalue weighted by Crippen LogP contribution is -2.17. The first-order valence-corrected chi connectivity index (χ1v) is 7.74. The summed E-state index contributed by atoms with van der Waals surface area (Å²) in [6.45, 7) is 0.794. The van der Waals surface area contributed by atoms with Crippen molar-refractivity contribution in [1.29, 1.82) is 0 Å². The smallest absolute Gasteiger partial charge is 0.295 e. The van der Waals surface area contributed by atoms with Crippen LogP contribution in [0.5, 0.6) is 5.75 Å². The van der Waals surface area contributed by atoms with E-state index in [0.29, 0.717) is 11.0 Å². The monoisotopic (exact) mass is 315 g/mol. The molecule has 7 nitrogen and oxygen atoms in total. The maximum atomic E-state index is 12.3. The summed E-state index contributed by atoms with van der Waals surface area (Å²) < 4.78 is 8.02. The number of carbonyl (C=O) groups excluding carboxylic acids is 1. The quantitative estimate of drug-likeness (QED) is 0.800. The van der Waals surface area contributed by atoms with Crippen LogP contribution in [0.25, 0.3) is 10.2 Å². The zero-order valence-electron chi connectivity index (χ0n) is 11.9. The van der Waals surface area contributed by atoms with Crippen LogP contribution in [0.4, 0.5) is 5.13 Å². The fraction of sp³-hybridized carbons (Fsp3) is 0.286. The second-order valence-electron chi connectivity index (χ2n) is 5.00. The van der Waals surface area contributed by atoms with Crippen molar-refractivity contribution >= 4 is 32.6 Å². The Balaban J connectivity index is 1.61. The van der Waals surface area contributed by atoms with Crippen LogP contribution >= 0.6 is 11.3 Å². The van der Waals surface area contributed by atoms with Crippen LogP contribution in [0.1, 0.15) is 22.9 Å². The molecule has 0 spiro atoms. The predicted molar refractivity (Wildman–Crippen MR) is 82.5 cm³/mol. The largest absolute Gasteiger partial charge is 0.497 e. The van der Waals surface area contributed by atoms with Crippen LogP contribution in [0.2, 0.25) is 0 Å². The van der Waals surface area contributed by atoms with Gasteiger partial charge in [-0.2, -0.15) is 0 Å². The third-order valence-corrected chi connectivity index (χ3v) is 4.56. The molecular weight excluding hydrogens is 302 g/mol. The summed E-state index contributed by atoms with van der Waals surface area (Å²) in [6, 6.07) is 5.62. The molecule has 0 unspecified atom stereocenters. The number of methoxy groups -OCH3 is 1. The van der Waals surface area contributed by atoms with E-state index >= 15 is 0 Å². The summed E-state index contributed by atoms with van der Waals surface area (Å²) in [7, 11) is 1.62. The standard InChI is InChI=1S/C14H13N5O2S/c1-21-8-4-5-9-10(7-8)22-14(15-9)16-13(20)12-18-17-11-3-2-6-19(11)12/h4-5,7H,2-3,6H2,1H3,(H,15,16,20). The number of ether oxygens (including phenoxy) is 1. The summed E-state index contributed by atoms with van der Waals surface area (Å²) >= 11 is 1.41. The van der Waals surface area contributed by atoms with Gasteiger partial charge >= 0.3 is 0 Å². The molecule has 0 bridgehead atoms. The lowest BCUT2D eigenvalue weighted by molar-refractivity contribution is 0.101. The number of benzene rings is 1. The molecule has 0 atom stereocenters. The second kappa shape index (κ2) is 5.06. The highest BCUT2D eigenvalue weighted by Gasteiger charge is 2.23. The van der Waals surface area contributed by atoms with Crippen molar-refractivity contribution in [3.63, 3.8) is 0 Å². The Bertz CT molecular complexity index is 869. The van der Waals surface area contributed by atoms with Crippen molar-refractivity contribution in [3.05, 3.63) is 29.8 Å². The fourth-order valence-corrected chi connectivity index (χ4v) is 3.45. The minimum atomic E-state index is -0.272. The van der Waals surface area contributed by atoms with Gasteiger partial charge in [-0.05, 0) is 24.6 Å². The molecule has 0 saturated heterocycles. The van der Waals surface area contributed by atoms with Crippen LogP contribution in [-0.4, -0.2) is 32.8 Å². The maximum Gasteiger partial charge on any atom is 0.295 e. The predicted octanol–water partition coefficient (Wildman–Crippen LogP) is 2.09. The molecule has 1 aromatic carbocycles. The van der Waals surface area contributed by atoms with Crippen molar-refractivity contribution in [3.8, 4) is 5.75 Å². The average molecular weight is 315 g/mol.